The molecule has 1 aliphatic rings. The molecule has 1 fully saturated rings. The van der Waals surface area contributed by atoms with Gasteiger partial charge in [0.05, 0.1) is 17.6 Å². The molecule has 0 spiro atoms. The molecule has 1 aliphatic heterocycles. The molecule has 1 aromatic carbocycles. The maximum absolute atomic E-state index is 12.3. The van der Waals surface area contributed by atoms with Crippen molar-refractivity contribution < 1.29 is 14.1 Å². The number of morpholine rings is 1. The highest BCUT2D eigenvalue weighted by Crippen LogP contribution is 2.25. The number of benzene rings is 1. The second-order valence-electron chi connectivity index (χ2n) is 6.48. The summed E-state index contributed by atoms with van der Waals surface area (Å²) in [4.78, 5) is 15.6. The van der Waals surface area contributed by atoms with Gasteiger partial charge in [-0.3, -0.25) is 9.69 Å². The zero-order valence-electron chi connectivity index (χ0n) is 14.8. The fraction of sp³-hybridized carbons (Fsp3) is 0.300. The third-order valence-corrected chi connectivity index (χ3v) is 5.35. The van der Waals surface area contributed by atoms with Gasteiger partial charge in [0.25, 0.3) is 5.91 Å². The van der Waals surface area contributed by atoms with E-state index in [1.165, 1.54) is 5.56 Å². The molecular formula is C20H21N3O3S. The van der Waals surface area contributed by atoms with Gasteiger partial charge >= 0.3 is 0 Å². The van der Waals surface area contributed by atoms with Crippen LogP contribution in [0.3, 0.4) is 0 Å². The van der Waals surface area contributed by atoms with Crippen molar-refractivity contribution in [1.29, 1.82) is 0 Å². The lowest BCUT2D eigenvalue weighted by Gasteiger charge is -2.33. The standard InChI is InChI=1S/C20H21N3O3S/c24-20(17-11-18(26-22-17)19-7-4-10-27-19)21-12-16-14-23(8-9-25-16)13-15-5-2-1-3-6-15/h1-7,10-11,16H,8-9,12-14H2,(H,21,24). The second kappa shape index (κ2) is 8.47. The third kappa shape index (κ3) is 4.63. The lowest BCUT2D eigenvalue weighted by molar-refractivity contribution is -0.0293. The van der Waals surface area contributed by atoms with Gasteiger partial charge in [0.2, 0.25) is 0 Å². The van der Waals surface area contributed by atoms with Crippen molar-refractivity contribution >= 4 is 17.2 Å². The van der Waals surface area contributed by atoms with Gasteiger partial charge in [0.1, 0.15) is 0 Å². The lowest BCUT2D eigenvalue weighted by Crippen LogP contribution is -2.47. The van der Waals surface area contributed by atoms with Crippen LogP contribution in [0, 0.1) is 0 Å². The molecule has 27 heavy (non-hydrogen) atoms. The highest BCUT2D eigenvalue weighted by Gasteiger charge is 2.22. The molecule has 140 valence electrons. The minimum Gasteiger partial charge on any atom is -0.374 e. The van der Waals surface area contributed by atoms with E-state index in [4.69, 9.17) is 9.26 Å². The van der Waals surface area contributed by atoms with Crippen molar-refractivity contribution in [2.45, 2.75) is 12.6 Å². The number of rotatable bonds is 6. The van der Waals surface area contributed by atoms with E-state index in [0.29, 0.717) is 18.9 Å². The summed E-state index contributed by atoms with van der Waals surface area (Å²) in [5, 5.41) is 8.73. The highest BCUT2D eigenvalue weighted by molar-refractivity contribution is 7.13. The summed E-state index contributed by atoms with van der Waals surface area (Å²) in [5.41, 5.74) is 1.57. The first-order valence-corrected chi connectivity index (χ1v) is 9.82. The van der Waals surface area contributed by atoms with Crippen molar-refractivity contribution in [3.05, 3.63) is 65.2 Å². The molecule has 1 atom stereocenters. The van der Waals surface area contributed by atoms with Crippen LogP contribution in [0.25, 0.3) is 10.6 Å². The summed E-state index contributed by atoms with van der Waals surface area (Å²) < 4.78 is 11.1. The largest absolute Gasteiger partial charge is 0.374 e. The molecule has 6 nitrogen and oxygen atoms in total. The molecular weight excluding hydrogens is 362 g/mol. The molecule has 1 unspecified atom stereocenters. The van der Waals surface area contributed by atoms with Gasteiger partial charge in [-0.2, -0.15) is 0 Å². The molecule has 3 aromatic rings. The van der Waals surface area contributed by atoms with Crippen LogP contribution >= 0.6 is 11.3 Å². The van der Waals surface area contributed by atoms with Gasteiger partial charge in [-0.05, 0) is 17.0 Å². The third-order valence-electron chi connectivity index (χ3n) is 4.47. The number of thiophene rings is 1. The van der Waals surface area contributed by atoms with E-state index < -0.39 is 0 Å². The number of hydrogen-bond donors (Lipinski definition) is 1. The maximum atomic E-state index is 12.3. The Morgan fingerprint density at radius 2 is 2.15 bits per heavy atom. The van der Waals surface area contributed by atoms with Crippen molar-refractivity contribution in [3.63, 3.8) is 0 Å². The van der Waals surface area contributed by atoms with Crippen LogP contribution in [0.1, 0.15) is 16.1 Å². The van der Waals surface area contributed by atoms with Crippen LogP contribution in [0.2, 0.25) is 0 Å². The summed E-state index contributed by atoms with van der Waals surface area (Å²) in [6.45, 7) is 3.69. The molecule has 0 bridgehead atoms. The molecule has 7 heteroatoms. The summed E-state index contributed by atoms with van der Waals surface area (Å²) in [6, 6.07) is 15.9. The van der Waals surface area contributed by atoms with Crippen LogP contribution in [-0.2, 0) is 11.3 Å². The van der Waals surface area contributed by atoms with Crippen LogP contribution in [-0.4, -0.2) is 48.3 Å². The Labute approximate surface area is 161 Å². The van der Waals surface area contributed by atoms with Crippen molar-refractivity contribution in [2.75, 3.05) is 26.2 Å². The van der Waals surface area contributed by atoms with Gasteiger partial charge in [0, 0.05) is 32.2 Å². The topological polar surface area (TPSA) is 67.6 Å². The maximum Gasteiger partial charge on any atom is 0.273 e. The number of carbonyl (C=O) groups excluding carboxylic acids is 1. The Kier molecular flexibility index (Phi) is 5.62. The smallest absolute Gasteiger partial charge is 0.273 e. The van der Waals surface area contributed by atoms with Crippen molar-refractivity contribution in [1.82, 2.24) is 15.4 Å². The van der Waals surface area contributed by atoms with E-state index in [-0.39, 0.29) is 17.7 Å². The van der Waals surface area contributed by atoms with Crippen LogP contribution < -0.4 is 5.32 Å². The number of amides is 1. The Hall–Kier alpha value is -2.48. The van der Waals surface area contributed by atoms with E-state index in [1.807, 2.05) is 23.6 Å². The van der Waals surface area contributed by atoms with Crippen LogP contribution in [0.15, 0.2) is 58.4 Å². The minimum absolute atomic E-state index is 0.0323. The van der Waals surface area contributed by atoms with Gasteiger partial charge < -0.3 is 14.6 Å². The molecule has 4 rings (SSSR count). The predicted octanol–water partition coefficient (Wildman–Crippen LogP) is 3.03. The van der Waals surface area contributed by atoms with Crippen LogP contribution in [0.5, 0.6) is 0 Å². The molecule has 2 aromatic heterocycles. The molecule has 1 amide bonds. The SMILES string of the molecule is O=C(NCC1CN(Cc2ccccc2)CCO1)c1cc(-c2cccs2)on1. The van der Waals surface area contributed by atoms with E-state index >= 15 is 0 Å². The number of nitrogens with one attached hydrogen (secondary N) is 1. The number of hydrogen-bond acceptors (Lipinski definition) is 6. The van der Waals surface area contributed by atoms with Gasteiger partial charge in [-0.25, -0.2) is 0 Å². The van der Waals surface area contributed by atoms with Gasteiger partial charge in [0.15, 0.2) is 11.5 Å². The van der Waals surface area contributed by atoms with Gasteiger partial charge in [-0.1, -0.05) is 41.6 Å². The van der Waals surface area contributed by atoms with E-state index in [0.717, 1.165) is 24.5 Å². The van der Waals surface area contributed by atoms with Gasteiger partial charge in [-0.15, -0.1) is 11.3 Å². The van der Waals surface area contributed by atoms with Crippen molar-refractivity contribution in [2.24, 2.45) is 0 Å². The Morgan fingerprint density at radius 1 is 1.26 bits per heavy atom. The first-order valence-electron chi connectivity index (χ1n) is 8.94. The molecule has 1 N–H and O–H groups in total. The molecule has 3 heterocycles. The Balaban J connectivity index is 1.28. The minimum atomic E-state index is -0.245. The normalized spacial score (nSPS) is 17.7. The fourth-order valence-corrected chi connectivity index (χ4v) is 3.78. The Bertz CT molecular complexity index is 864. The molecule has 0 radical (unpaired) electrons. The first kappa shape index (κ1) is 17.9. The summed E-state index contributed by atoms with van der Waals surface area (Å²) in [6.07, 6.45) is -0.0323. The quantitative estimate of drug-likeness (QED) is 0.709. The first-order chi connectivity index (χ1) is 13.3. The average molecular weight is 383 g/mol. The van der Waals surface area contributed by atoms with E-state index in [1.54, 1.807) is 17.4 Å². The van der Waals surface area contributed by atoms with E-state index in [9.17, 15) is 4.79 Å². The lowest BCUT2D eigenvalue weighted by atomic mass is 10.2. The monoisotopic (exact) mass is 383 g/mol. The second-order valence-corrected chi connectivity index (χ2v) is 7.42. The van der Waals surface area contributed by atoms with Crippen LogP contribution in [0.4, 0.5) is 0 Å². The fourth-order valence-electron chi connectivity index (χ4n) is 3.10. The van der Waals surface area contributed by atoms with E-state index in [2.05, 4.69) is 39.6 Å². The predicted molar refractivity (Wildman–Crippen MR) is 104 cm³/mol. The van der Waals surface area contributed by atoms with Crippen molar-refractivity contribution in [3.8, 4) is 10.6 Å². The average Bonchev–Trinajstić information content (AvgIpc) is 3.39. The number of nitrogens with zero attached hydrogens (tertiary/aromatic N) is 2. The highest BCUT2D eigenvalue weighted by atomic mass is 32.1. The number of carbonyl (C=O) groups is 1. The molecule has 0 saturated carbocycles. The molecule has 0 aliphatic carbocycles. The molecule has 1 saturated heterocycles. The Morgan fingerprint density at radius 3 is 2.96 bits per heavy atom. The summed E-state index contributed by atoms with van der Waals surface area (Å²) >= 11 is 1.55. The number of aromatic nitrogens is 1. The number of ether oxygens (including phenoxy) is 1. The summed E-state index contributed by atoms with van der Waals surface area (Å²) in [5.74, 6) is 0.364. The zero-order valence-corrected chi connectivity index (χ0v) is 15.7. The zero-order chi connectivity index (χ0) is 18.5. The summed E-state index contributed by atoms with van der Waals surface area (Å²) in [7, 11) is 0.